The van der Waals surface area contributed by atoms with Crippen LogP contribution in [0.5, 0.6) is 11.6 Å². The van der Waals surface area contributed by atoms with Gasteiger partial charge in [0.15, 0.2) is 0 Å². The molecule has 1 heterocycles. The van der Waals surface area contributed by atoms with Gasteiger partial charge in [0, 0.05) is 22.3 Å². The number of aromatic nitrogens is 1. The molecule has 0 saturated heterocycles. The summed E-state index contributed by atoms with van der Waals surface area (Å²) in [7, 11) is 0. The molecule has 0 bridgehead atoms. The van der Waals surface area contributed by atoms with Crippen molar-refractivity contribution in [1.29, 1.82) is 0 Å². The van der Waals surface area contributed by atoms with Gasteiger partial charge in [-0.2, -0.15) is 0 Å². The molecule has 0 amide bonds. The summed E-state index contributed by atoms with van der Waals surface area (Å²) in [6.45, 7) is 5.19. The number of hydrogen-bond acceptors (Lipinski definition) is 3. The zero-order valence-electron chi connectivity index (χ0n) is 12.1. The summed E-state index contributed by atoms with van der Waals surface area (Å²) in [6, 6.07) is 9.62. The van der Waals surface area contributed by atoms with E-state index in [-0.39, 0.29) is 6.04 Å². The monoisotopic (exact) mass is 368 g/mol. The normalized spacial score (nSPS) is 12.2. The second-order valence-electron chi connectivity index (χ2n) is 4.75. The molecule has 1 N–H and O–H groups in total. The Morgan fingerprint density at radius 2 is 2.19 bits per heavy atom. The summed E-state index contributed by atoms with van der Waals surface area (Å²) in [6.07, 6.45) is 2.80. The molecule has 0 spiro atoms. The highest BCUT2D eigenvalue weighted by Gasteiger charge is 2.14. The number of ether oxygens (including phenoxy) is 1. The van der Waals surface area contributed by atoms with Gasteiger partial charge in [-0.05, 0) is 44.2 Å². The molecule has 0 radical (unpaired) electrons. The molecule has 3 nitrogen and oxygen atoms in total. The standard InChI is InChI=1S/C16H18BrClN2O/c1-3-8-19-11(2)13-5-4-9-20-16(13)21-15-7-6-12(17)10-14(15)18/h4-7,9-11,19H,3,8H2,1-2H3. The first-order chi connectivity index (χ1) is 10.1. The van der Waals surface area contributed by atoms with E-state index in [1.165, 1.54) is 0 Å². The highest BCUT2D eigenvalue weighted by atomic mass is 79.9. The summed E-state index contributed by atoms with van der Waals surface area (Å²) < 4.78 is 6.81. The Bertz CT molecular complexity index is 607. The van der Waals surface area contributed by atoms with Crippen LogP contribution in [0.2, 0.25) is 5.02 Å². The maximum atomic E-state index is 6.20. The number of benzene rings is 1. The van der Waals surface area contributed by atoms with Gasteiger partial charge in [-0.15, -0.1) is 0 Å². The van der Waals surface area contributed by atoms with E-state index in [1.807, 2.05) is 24.3 Å². The molecule has 0 fully saturated rings. The number of halogens is 2. The Kier molecular flexibility index (Phi) is 6.03. The number of rotatable bonds is 6. The van der Waals surface area contributed by atoms with E-state index in [2.05, 4.69) is 40.1 Å². The van der Waals surface area contributed by atoms with Crippen LogP contribution in [0.15, 0.2) is 41.0 Å². The number of hydrogen-bond donors (Lipinski definition) is 1. The van der Waals surface area contributed by atoms with Gasteiger partial charge in [0.25, 0.3) is 0 Å². The maximum absolute atomic E-state index is 6.20. The predicted molar refractivity (Wildman–Crippen MR) is 90.2 cm³/mol. The number of nitrogens with one attached hydrogen (secondary N) is 1. The number of pyridine rings is 1. The van der Waals surface area contributed by atoms with Crippen LogP contribution in [-0.4, -0.2) is 11.5 Å². The SMILES string of the molecule is CCCNC(C)c1cccnc1Oc1ccc(Br)cc1Cl. The van der Waals surface area contributed by atoms with Gasteiger partial charge in [0.1, 0.15) is 5.75 Å². The summed E-state index contributed by atoms with van der Waals surface area (Å²) >= 11 is 9.58. The van der Waals surface area contributed by atoms with E-state index in [4.69, 9.17) is 16.3 Å². The van der Waals surface area contributed by atoms with E-state index < -0.39 is 0 Å². The van der Waals surface area contributed by atoms with Crippen LogP contribution in [0, 0.1) is 0 Å². The highest BCUT2D eigenvalue weighted by Crippen LogP contribution is 2.33. The molecule has 0 aliphatic rings. The van der Waals surface area contributed by atoms with Crippen LogP contribution < -0.4 is 10.1 Å². The van der Waals surface area contributed by atoms with Gasteiger partial charge in [-0.1, -0.05) is 40.5 Å². The lowest BCUT2D eigenvalue weighted by molar-refractivity contribution is 0.442. The molecule has 5 heteroatoms. The molecule has 1 unspecified atom stereocenters. The van der Waals surface area contributed by atoms with E-state index in [1.54, 1.807) is 12.3 Å². The molecule has 1 aromatic carbocycles. The molecule has 2 rings (SSSR count). The smallest absolute Gasteiger partial charge is 0.224 e. The van der Waals surface area contributed by atoms with Crippen molar-refractivity contribution in [2.45, 2.75) is 26.3 Å². The van der Waals surface area contributed by atoms with Crippen LogP contribution in [-0.2, 0) is 0 Å². The fourth-order valence-corrected chi connectivity index (χ4v) is 2.66. The van der Waals surface area contributed by atoms with Crippen LogP contribution in [0.3, 0.4) is 0 Å². The second-order valence-corrected chi connectivity index (χ2v) is 6.07. The van der Waals surface area contributed by atoms with E-state index >= 15 is 0 Å². The minimum absolute atomic E-state index is 0.169. The Balaban J connectivity index is 2.23. The third-order valence-electron chi connectivity index (χ3n) is 3.07. The maximum Gasteiger partial charge on any atom is 0.224 e. The first kappa shape index (κ1) is 16.3. The van der Waals surface area contributed by atoms with Crippen LogP contribution in [0.1, 0.15) is 31.9 Å². The Morgan fingerprint density at radius 1 is 1.38 bits per heavy atom. The fraction of sp³-hybridized carbons (Fsp3) is 0.312. The number of nitrogens with zero attached hydrogens (tertiary/aromatic N) is 1. The minimum atomic E-state index is 0.169. The highest BCUT2D eigenvalue weighted by molar-refractivity contribution is 9.10. The molecule has 0 saturated carbocycles. The van der Waals surface area contributed by atoms with Crippen molar-refractivity contribution < 1.29 is 4.74 Å². The van der Waals surface area contributed by atoms with E-state index in [0.717, 1.165) is 23.0 Å². The third kappa shape index (κ3) is 4.43. The molecule has 1 aromatic heterocycles. The molecular formula is C16H18BrClN2O. The Labute approximate surface area is 138 Å². The van der Waals surface area contributed by atoms with Crippen LogP contribution in [0.4, 0.5) is 0 Å². The van der Waals surface area contributed by atoms with Gasteiger partial charge in [0.2, 0.25) is 5.88 Å². The minimum Gasteiger partial charge on any atom is -0.437 e. The first-order valence-corrected chi connectivity index (χ1v) is 8.10. The Morgan fingerprint density at radius 3 is 2.90 bits per heavy atom. The van der Waals surface area contributed by atoms with Crippen molar-refractivity contribution in [3.63, 3.8) is 0 Å². The van der Waals surface area contributed by atoms with E-state index in [0.29, 0.717) is 16.7 Å². The van der Waals surface area contributed by atoms with Crippen molar-refractivity contribution in [1.82, 2.24) is 10.3 Å². The average Bonchev–Trinajstić information content (AvgIpc) is 2.48. The summed E-state index contributed by atoms with van der Waals surface area (Å²) in [4.78, 5) is 4.33. The van der Waals surface area contributed by atoms with Crippen molar-refractivity contribution >= 4 is 27.5 Å². The van der Waals surface area contributed by atoms with E-state index in [9.17, 15) is 0 Å². The summed E-state index contributed by atoms with van der Waals surface area (Å²) in [5.74, 6) is 1.18. The van der Waals surface area contributed by atoms with Crippen molar-refractivity contribution in [3.05, 3.63) is 51.6 Å². The lowest BCUT2D eigenvalue weighted by Crippen LogP contribution is -2.20. The fourth-order valence-electron chi connectivity index (χ4n) is 1.95. The van der Waals surface area contributed by atoms with Crippen molar-refractivity contribution in [2.24, 2.45) is 0 Å². The molecule has 1 atom stereocenters. The van der Waals surface area contributed by atoms with Gasteiger partial charge in [-0.3, -0.25) is 0 Å². The lowest BCUT2D eigenvalue weighted by Gasteiger charge is -2.17. The third-order valence-corrected chi connectivity index (χ3v) is 3.86. The average molecular weight is 370 g/mol. The summed E-state index contributed by atoms with van der Waals surface area (Å²) in [5, 5.41) is 3.99. The Hall–Kier alpha value is -1.10. The van der Waals surface area contributed by atoms with Crippen molar-refractivity contribution in [2.75, 3.05) is 6.54 Å². The quantitative estimate of drug-likeness (QED) is 0.745. The van der Waals surface area contributed by atoms with Gasteiger partial charge in [0.05, 0.1) is 5.02 Å². The first-order valence-electron chi connectivity index (χ1n) is 6.93. The molecule has 2 aromatic rings. The zero-order chi connectivity index (χ0) is 15.2. The van der Waals surface area contributed by atoms with Gasteiger partial charge in [-0.25, -0.2) is 4.98 Å². The zero-order valence-corrected chi connectivity index (χ0v) is 14.4. The summed E-state index contributed by atoms with van der Waals surface area (Å²) in [5.41, 5.74) is 1.02. The van der Waals surface area contributed by atoms with Crippen LogP contribution >= 0.6 is 27.5 Å². The van der Waals surface area contributed by atoms with Gasteiger partial charge >= 0.3 is 0 Å². The predicted octanol–water partition coefficient (Wildman–Crippen LogP) is 5.35. The topological polar surface area (TPSA) is 34.2 Å². The molecule has 0 aliphatic carbocycles. The van der Waals surface area contributed by atoms with Crippen molar-refractivity contribution in [3.8, 4) is 11.6 Å². The van der Waals surface area contributed by atoms with Gasteiger partial charge < -0.3 is 10.1 Å². The molecule has 112 valence electrons. The van der Waals surface area contributed by atoms with Crippen LogP contribution in [0.25, 0.3) is 0 Å². The molecule has 0 aliphatic heterocycles. The lowest BCUT2D eigenvalue weighted by atomic mass is 10.1. The molecule has 21 heavy (non-hydrogen) atoms. The largest absolute Gasteiger partial charge is 0.437 e. The second kappa shape index (κ2) is 7.78. The molecular weight excluding hydrogens is 352 g/mol.